The summed E-state index contributed by atoms with van der Waals surface area (Å²) >= 11 is 0. The van der Waals surface area contributed by atoms with E-state index in [9.17, 15) is 0 Å². The van der Waals surface area contributed by atoms with Crippen LogP contribution < -0.4 is 4.90 Å². The minimum absolute atomic E-state index is 0.152. The molecule has 0 amide bonds. The van der Waals surface area contributed by atoms with Gasteiger partial charge in [-0.2, -0.15) is 0 Å². The van der Waals surface area contributed by atoms with E-state index in [1.165, 1.54) is 27.8 Å². The van der Waals surface area contributed by atoms with Gasteiger partial charge < -0.3 is 18.2 Å². The van der Waals surface area contributed by atoms with E-state index in [4.69, 9.17) is 13.3 Å². The summed E-state index contributed by atoms with van der Waals surface area (Å²) in [6.45, 7) is 4.66. The van der Waals surface area contributed by atoms with E-state index in [0.29, 0.717) is 0 Å². The second-order valence-electron chi connectivity index (χ2n) is 15.3. The van der Waals surface area contributed by atoms with E-state index >= 15 is 0 Å². The Kier molecular flexibility index (Phi) is 6.09. The Morgan fingerprint density at radius 3 is 1.89 bits per heavy atom. The lowest BCUT2D eigenvalue weighted by molar-refractivity contribution is 0.660. The van der Waals surface area contributed by atoms with Crippen molar-refractivity contribution in [3.05, 3.63) is 175 Å². The number of rotatable bonds is 4. The summed E-state index contributed by atoms with van der Waals surface area (Å²) in [7, 11) is 0. The normalized spacial score (nSPS) is 13.4. The average Bonchev–Trinajstić information content (AvgIpc) is 3.95. The first kappa shape index (κ1) is 30.4. The van der Waals surface area contributed by atoms with Crippen molar-refractivity contribution in [2.75, 3.05) is 4.90 Å². The fraction of sp³-hybridized carbons (Fsp3) is 0.0588. The zero-order valence-corrected chi connectivity index (χ0v) is 30.3. The van der Waals surface area contributed by atoms with Crippen molar-refractivity contribution in [1.82, 2.24) is 0 Å². The zero-order valence-electron chi connectivity index (χ0n) is 30.3. The van der Waals surface area contributed by atoms with Gasteiger partial charge in [0.1, 0.15) is 27.9 Å². The van der Waals surface area contributed by atoms with Crippen LogP contribution in [0.1, 0.15) is 25.0 Å². The van der Waals surface area contributed by atoms with Crippen LogP contribution in [-0.4, -0.2) is 0 Å². The van der Waals surface area contributed by atoms with E-state index in [0.717, 1.165) is 88.4 Å². The summed E-state index contributed by atoms with van der Waals surface area (Å²) in [4.78, 5) is 2.34. The summed E-state index contributed by atoms with van der Waals surface area (Å²) in [5.74, 6) is 0. The van der Waals surface area contributed by atoms with E-state index < -0.39 is 0 Å². The number of hydrogen-bond acceptors (Lipinski definition) is 4. The summed E-state index contributed by atoms with van der Waals surface area (Å²) in [6, 6.07) is 58.1. The van der Waals surface area contributed by atoms with Crippen molar-refractivity contribution >= 4 is 82.9 Å². The first-order valence-electron chi connectivity index (χ1n) is 18.8. The smallest absolute Gasteiger partial charge is 0.159 e. The Balaban J connectivity index is 1.09. The summed E-state index contributed by atoms with van der Waals surface area (Å²) < 4.78 is 19.7. The molecule has 0 bridgehead atoms. The van der Waals surface area contributed by atoms with Gasteiger partial charge in [-0.1, -0.05) is 111 Å². The lowest BCUT2D eigenvalue weighted by Crippen LogP contribution is -2.16. The van der Waals surface area contributed by atoms with Crippen LogP contribution in [0, 0.1) is 0 Å². The summed E-state index contributed by atoms with van der Waals surface area (Å²) in [5.41, 5.74) is 15.6. The van der Waals surface area contributed by atoms with Gasteiger partial charge in [0.25, 0.3) is 0 Å². The standard InChI is InChI=1S/C51H33NO3/c1-51(2)42-16-8-6-13-34(42)35-22-20-33(27-43(35)51)52(32-21-24-47-39(26-32)36-14-7-9-18-45(36)53-47)44-17-10-15-37-40-28-48-41(29-49(40)55-50(37)44)38-25-31(19-23-46(38)54-48)30-11-4-3-5-12-30/h3-29H,1-2H3. The topological polar surface area (TPSA) is 42.7 Å². The maximum absolute atomic E-state index is 6.97. The predicted molar refractivity (Wildman–Crippen MR) is 226 cm³/mol. The van der Waals surface area contributed by atoms with E-state index in [1.807, 2.05) is 18.2 Å². The van der Waals surface area contributed by atoms with Gasteiger partial charge in [0.2, 0.25) is 0 Å². The Bertz CT molecular complexity index is 3360. The maximum atomic E-state index is 6.97. The lowest BCUT2D eigenvalue weighted by Gasteiger charge is -2.28. The number of anilines is 3. The molecule has 0 spiro atoms. The van der Waals surface area contributed by atoms with E-state index in [-0.39, 0.29) is 5.41 Å². The molecule has 3 heterocycles. The molecule has 12 rings (SSSR count). The number of benzene rings is 8. The molecule has 0 unspecified atom stereocenters. The Labute approximate surface area is 316 Å². The average molecular weight is 708 g/mol. The Hall–Kier alpha value is -7.04. The molecule has 0 saturated carbocycles. The molecule has 8 aromatic carbocycles. The van der Waals surface area contributed by atoms with Crippen molar-refractivity contribution < 1.29 is 13.3 Å². The van der Waals surface area contributed by atoms with Gasteiger partial charge >= 0.3 is 0 Å². The molecular formula is C51H33NO3. The minimum Gasteiger partial charge on any atom is -0.456 e. The number of nitrogens with zero attached hydrogens (tertiary/aromatic N) is 1. The van der Waals surface area contributed by atoms with Crippen LogP contribution in [0.3, 0.4) is 0 Å². The third-order valence-electron chi connectivity index (χ3n) is 11.9. The maximum Gasteiger partial charge on any atom is 0.159 e. The summed E-state index contributed by atoms with van der Waals surface area (Å²) in [5, 5.41) is 6.34. The van der Waals surface area contributed by atoms with Crippen LogP contribution in [0.15, 0.2) is 177 Å². The first-order valence-corrected chi connectivity index (χ1v) is 18.8. The number of para-hydroxylation sites is 2. The lowest BCUT2D eigenvalue weighted by atomic mass is 9.82. The number of furan rings is 3. The fourth-order valence-corrected chi connectivity index (χ4v) is 9.15. The summed E-state index contributed by atoms with van der Waals surface area (Å²) in [6.07, 6.45) is 0. The van der Waals surface area contributed by atoms with Gasteiger partial charge in [-0.3, -0.25) is 0 Å². The molecule has 55 heavy (non-hydrogen) atoms. The van der Waals surface area contributed by atoms with E-state index in [2.05, 4.69) is 164 Å². The van der Waals surface area contributed by atoms with Crippen molar-refractivity contribution in [2.45, 2.75) is 19.3 Å². The van der Waals surface area contributed by atoms with Crippen molar-refractivity contribution in [1.29, 1.82) is 0 Å². The molecule has 0 fully saturated rings. The van der Waals surface area contributed by atoms with E-state index in [1.54, 1.807) is 0 Å². The Morgan fingerprint density at radius 2 is 1.00 bits per heavy atom. The number of fused-ring (bicyclic) bond motifs is 12. The van der Waals surface area contributed by atoms with Crippen molar-refractivity contribution in [3.8, 4) is 22.3 Å². The van der Waals surface area contributed by atoms with Crippen LogP contribution in [0.4, 0.5) is 17.1 Å². The molecule has 0 N–H and O–H groups in total. The quantitative estimate of drug-likeness (QED) is 0.183. The number of hydrogen-bond donors (Lipinski definition) is 0. The largest absolute Gasteiger partial charge is 0.456 e. The first-order chi connectivity index (χ1) is 27.0. The Morgan fingerprint density at radius 1 is 0.382 bits per heavy atom. The molecule has 4 heteroatoms. The fourth-order valence-electron chi connectivity index (χ4n) is 9.15. The molecule has 1 aliphatic rings. The van der Waals surface area contributed by atoms with Gasteiger partial charge in [0, 0.05) is 49.1 Å². The monoisotopic (exact) mass is 707 g/mol. The van der Waals surface area contributed by atoms with Crippen LogP contribution in [0.25, 0.3) is 88.1 Å². The molecule has 3 aromatic heterocycles. The second-order valence-corrected chi connectivity index (χ2v) is 15.3. The highest BCUT2D eigenvalue weighted by atomic mass is 16.3. The molecule has 0 radical (unpaired) electrons. The van der Waals surface area contributed by atoms with Crippen molar-refractivity contribution in [3.63, 3.8) is 0 Å². The molecule has 1 aliphatic carbocycles. The van der Waals surface area contributed by atoms with Crippen LogP contribution >= 0.6 is 0 Å². The van der Waals surface area contributed by atoms with Crippen LogP contribution in [-0.2, 0) is 5.41 Å². The molecule has 4 nitrogen and oxygen atoms in total. The van der Waals surface area contributed by atoms with Crippen LogP contribution in [0.5, 0.6) is 0 Å². The van der Waals surface area contributed by atoms with Gasteiger partial charge in [0.15, 0.2) is 5.58 Å². The third kappa shape index (κ3) is 4.34. The molecular weight excluding hydrogens is 675 g/mol. The van der Waals surface area contributed by atoms with Gasteiger partial charge in [-0.25, -0.2) is 0 Å². The molecule has 0 aliphatic heterocycles. The highest BCUT2D eigenvalue weighted by molar-refractivity contribution is 6.17. The van der Waals surface area contributed by atoms with Crippen molar-refractivity contribution in [2.24, 2.45) is 0 Å². The van der Waals surface area contributed by atoms with Gasteiger partial charge in [0.05, 0.1) is 5.69 Å². The molecule has 0 saturated heterocycles. The predicted octanol–water partition coefficient (Wildman–Crippen LogP) is 14.8. The van der Waals surface area contributed by atoms with Gasteiger partial charge in [-0.15, -0.1) is 0 Å². The molecule has 260 valence electrons. The highest BCUT2D eigenvalue weighted by Gasteiger charge is 2.36. The van der Waals surface area contributed by atoms with Gasteiger partial charge in [-0.05, 0) is 100 Å². The third-order valence-corrected chi connectivity index (χ3v) is 11.9. The molecule has 0 atom stereocenters. The second kappa shape index (κ2) is 11.0. The zero-order chi connectivity index (χ0) is 36.4. The highest BCUT2D eigenvalue weighted by Crippen LogP contribution is 2.52. The van der Waals surface area contributed by atoms with Crippen LogP contribution in [0.2, 0.25) is 0 Å². The molecule has 11 aromatic rings. The SMILES string of the molecule is CC1(C)c2ccccc2-c2ccc(N(c3ccc4oc5ccccc5c4c3)c3cccc4c3oc3cc5c(cc34)oc3ccc(-c4ccccc4)cc35)cc21. The minimum atomic E-state index is -0.152.